The quantitative estimate of drug-likeness (QED) is 0.797. The number of aromatic nitrogens is 2. The summed E-state index contributed by atoms with van der Waals surface area (Å²) in [5.41, 5.74) is 2.59. The lowest BCUT2D eigenvalue weighted by molar-refractivity contribution is 0.617. The highest BCUT2D eigenvalue weighted by molar-refractivity contribution is 5.47. The number of rotatable bonds is 5. The summed E-state index contributed by atoms with van der Waals surface area (Å²) >= 11 is 0. The monoisotopic (exact) mass is 310 g/mol. The summed E-state index contributed by atoms with van der Waals surface area (Å²) in [6.45, 7) is 2.92. The van der Waals surface area contributed by atoms with Gasteiger partial charge < -0.3 is 10.6 Å². The third-order valence-electron chi connectivity index (χ3n) is 4.60. The highest BCUT2D eigenvalue weighted by atomic mass is 15.1. The maximum Gasteiger partial charge on any atom is 0.131 e. The van der Waals surface area contributed by atoms with Gasteiger partial charge in [0, 0.05) is 18.7 Å². The second-order valence-corrected chi connectivity index (χ2v) is 6.40. The van der Waals surface area contributed by atoms with E-state index >= 15 is 0 Å². The molecule has 1 aromatic heterocycles. The number of hydrogen-bond donors (Lipinski definition) is 2. The van der Waals surface area contributed by atoms with Gasteiger partial charge in [0.05, 0.1) is 0 Å². The molecule has 1 aliphatic rings. The first kappa shape index (κ1) is 15.8. The predicted octanol–water partition coefficient (Wildman–Crippen LogP) is 4.53. The molecule has 1 aromatic carbocycles. The van der Waals surface area contributed by atoms with Gasteiger partial charge in [0.15, 0.2) is 0 Å². The normalized spacial score (nSPS) is 15.9. The van der Waals surface area contributed by atoms with Crippen molar-refractivity contribution in [2.45, 2.75) is 58.0 Å². The smallest absolute Gasteiger partial charge is 0.131 e. The summed E-state index contributed by atoms with van der Waals surface area (Å²) in [4.78, 5) is 8.71. The third kappa shape index (κ3) is 4.68. The minimum Gasteiger partial charge on any atom is -0.367 e. The van der Waals surface area contributed by atoms with Crippen LogP contribution < -0.4 is 10.6 Å². The summed E-state index contributed by atoms with van der Waals surface area (Å²) in [6.07, 6.45) is 9.50. The lowest BCUT2D eigenvalue weighted by Crippen LogP contribution is -2.19. The van der Waals surface area contributed by atoms with Crippen LogP contribution in [0.3, 0.4) is 0 Å². The highest BCUT2D eigenvalue weighted by Gasteiger charge is 2.12. The molecule has 0 amide bonds. The summed E-state index contributed by atoms with van der Waals surface area (Å²) in [5.74, 6) is 1.80. The summed E-state index contributed by atoms with van der Waals surface area (Å²) in [6, 6.07) is 11.0. The molecule has 2 N–H and O–H groups in total. The van der Waals surface area contributed by atoms with Crippen LogP contribution in [0.2, 0.25) is 0 Å². The Hall–Kier alpha value is -2.10. The molecule has 0 bridgehead atoms. The maximum absolute atomic E-state index is 4.37. The van der Waals surface area contributed by atoms with Gasteiger partial charge in [0.2, 0.25) is 0 Å². The van der Waals surface area contributed by atoms with Crippen LogP contribution in [-0.2, 0) is 6.54 Å². The number of hydrogen-bond acceptors (Lipinski definition) is 4. The molecule has 1 heterocycles. The molecule has 1 fully saturated rings. The predicted molar refractivity (Wildman–Crippen MR) is 95.7 cm³/mol. The van der Waals surface area contributed by atoms with Gasteiger partial charge in [-0.1, -0.05) is 49.9 Å². The Kier molecular flexibility index (Phi) is 5.46. The minimum absolute atomic E-state index is 0.552. The molecule has 23 heavy (non-hydrogen) atoms. The Morgan fingerprint density at radius 1 is 1.00 bits per heavy atom. The van der Waals surface area contributed by atoms with Gasteiger partial charge >= 0.3 is 0 Å². The van der Waals surface area contributed by atoms with Crippen LogP contribution in [0.25, 0.3) is 0 Å². The van der Waals surface area contributed by atoms with Crippen LogP contribution in [0.15, 0.2) is 36.7 Å². The lowest BCUT2D eigenvalue weighted by Gasteiger charge is -2.17. The Labute approximate surface area is 138 Å². The molecule has 0 aliphatic heterocycles. The van der Waals surface area contributed by atoms with E-state index in [1.54, 1.807) is 6.33 Å². The zero-order valence-corrected chi connectivity index (χ0v) is 13.9. The summed E-state index contributed by atoms with van der Waals surface area (Å²) in [5, 5.41) is 6.98. The van der Waals surface area contributed by atoms with E-state index in [-0.39, 0.29) is 0 Å². The van der Waals surface area contributed by atoms with E-state index in [4.69, 9.17) is 0 Å². The first-order valence-electron chi connectivity index (χ1n) is 8.68. The van der Waals surface area contributed by atoms with Crippen molar-refractivity contribution in [2.24, 2.45) is 0 Å². The number of nitrogens with one attached hydrogen (secondary N) is 2. The van der Waals surface area contributed by atoms with Crippen LogP contribution in [0.5, 0.6) is 0 Å². The average Bonchev–Trinajstić information content (AvgIpc) is 2.83. The van der Waals surface area contributed by atoms with E-state index in [9.17, 15) is 0 Å². The van der Waals surface area contributed by atoms with Gasteiger partial charge in [-0.05, 0) is 30.9 Å². The third-order valence-corrected chi connectivity index (χ3v) is 4.60. The van der Waals surface area contributed by atoms with Crippen molar-refractivity contribution in [3.05, 3.63) is 47.8 Å². The lowest BCUT2D eigenvalue weighted by atomic mass is 10.1. The zero-order valence-electron chi connectivity index (χ0n) is 13.9. The number of nitrogens with zero attached hydrogens (tertiary/aromatic N) is 2. The van der Waals surface area contributed by atoms with Crippen molar-refractivity contribution in [1.82, 2.24) is 9.97 Å². The van der Waals surface area contributed by atoms with Gasteiger partial charge in [-0.25, -0.2) is 9.97 Å². The van der Waals surface area contributed by atoms with Crippen LogP contribution in [0.4, 0.5) is 11.6 Å². The Morgan fingerprint density at radius 3 is 2.52 bits per heavy atom. The van der Waals surface area contributed by atoms with Gasteiger partial charge in [-0.15, -0.1) is 0 Å². The zero-order chi connectivity index (χ0) is 15.9. The van der Waals surface area contributed by atoms with Gasteiger partial charge in [-0.2, -0.15) is 0 Å². The Balaban J connectivity index is 1.59. The number of aryl methyl sites for hydroxylation is 1. The van der Waals surface area contributed by atoms with Crippen LogP contribution >= 0.6 is 0 Å². The molecule has 2 aromatic rings. The fraction of sp³-hybridized carbons (Fsp3) is 0.474. The number of anilines is 2. The van der Waals surface area contributed by atoms with Gasteiger partial charge in [-0.3, -0.25) is 0 Å². The van der Waals surface area contributed by atoms with E-state index in [0.29, 0.717) is 6.04 Å². The molecule has 1 saturated carbocycles. The van der Waals surface area contributed by atoms with Crippen molar-refractivity contribution in [1.29, 1.82) is 0 Å². The molecule has 1 aliphatic carbocycles. The minimum atomic E-state index is 0.552. The molecule has 4 heteroatoms. The van der Waals surface area contributed by atoms with Crippen LogP contribution in [0.1, 0.15) is 49.7 Å². The van der Waals surface area contributed by atoms with Crippen molar-refractivity contribution in [3.8, 4) is 0 Å². The highest BCUT2D eigenvalue weighted by Crippen LogP contribution is 2.21. The first-order valence-corrected chi connectivity index (χ1v) is 8.68. The summed E-state index contributed by atoms with van der Waals surface area (Å²) < 4.78 is 0. The molecule has 122 valence electrons. The fourth-order valence-electron chi connectivity index (χ4n) is 3.16. The Bertz CT molecular complexity index is 618. The van der Waals surface area contributed by atoms with Crippen molar-refractivity contribution >= 4 is 11.6 Å². The SMILES string of the molecule is Cc1ccccc1CNc1cc(NC2CCCCCC2)ncn1. The number of benzene rings is 1. The average molecular weight is 310 g/mol. The molecule has 0 saturated heterocycles. The largest absolute Gasteiger partial charge is 0.367 e. The first-order chi connectivity index (χ1) is 11.3. The van der Waals surface area contributed by atoms with E-state index < -0.39 is 0 Å². The van der Waals surface area contributed by atoms with E-state index in [0.717, 1.165) is 18.2 Å². The fourth-order valence-corrected chi connectivity index (χ4v) is 3.16. The molecule has 0 spiro atoms. The molecular weight excluding hydrogens is 284 g/mol. The molecule has 4 nitrogen and oxygen atoms in total. The Morgan fingerprint density at radius 2 is 1.74 bits per heavy atom. The van der Waals surface area contributed by atoms with E-state index in [1.165, 1.54) is 49.7 Å². The van der Waals surface area contributed by atoms with Gasteiger partial charge in [0.1, 0.15) is 18.0 Å². The van der Waals surface area contributed by atoms with Crippen molar-refractivity contribution in [2.75, 3.05) is 10.6 Å². The molecule has 0 unspecified atom stereocenters. The van der Waals surface area contributed by atoms with Crippen molar-refractivity contribution in [3.63, 3.8) is 0 Å². The van der Waals surface area contributed by atoms with Crippen molar-refractivity contribution < 1.29 is 0 Å². The topological polar surface area (TPSA) is 49.8 Å². The standard InChI is InChI=1S/C19H26N4/c1-15-8-6-7-9-16(15)13-20-18-12-19(22-14-21-18)23-17-10-4-2-3-5-11-17/h6-9,12,14,17H,2-5,10-11,13H2,1H3,(H2,20,21,22,23). The van der Waals surface area contributed by atoms with Gasteiger partial charge in [0.25, 0.3) is 0 Å². The molecular formula is C19H26N4. The van der Waals surface area contributed by atoms with Crippen LogP contribution in [-0.4, -0.2) is 16.0 Å². The van der Waals surface area contributed by atoms with Crippen LogP contribution in [0, 0.1) is 6.92 Å². The second-order valence-electron chi connectivity index (χ2n) is 6.40. The second kappa shape index (κ2) is 7.95. The molecule has 0 atom stereocenters. The van der Waals surface area contributed by atoms with E-state index in [2.05, 4.69) is 51.8 Å². The molecule has 3 rings (SSSR count). The maximum atomic E-state index is 4.37. The van der Waals surface area contributed by atoms with E-state index in [1.807, 2.05) is 6.07 Å². The molecule has 0 radical (unpaired) electrons. The summed E-state index contributed by atoms with van der Waals surface area (Å²) in [7, 11) is 0.